The summed E-state index contributed by atoms with van der Waals surface area (Å²) in [7, 11) is 0. The highest BCUT2D eigenvalue weighted by Crippen LogP contribution is 2.39. The second-order valence-electron chi connectivity index (χ2n) is 5.39. The molecular weight excluding hydrogens is 355 g/mol. The maximum atomic E-state index is 11.1. The Morgan fingerprint density at radius 3 is 2.54 bits per heavy atom. The van der Waals surface area contributed by atoms with E-state index >= 15 is 0 Å². The van der Waals surface area contributed by atoms with Gasteiger partial charge in [-0.05, 0) is 12.5 Å². The fraction of sp³-hybridized carbons (Fsp3) is 0.533. The molecule has 1 atom stereocenters. The molecule has 2 rings (SSSR count). The summed E-state index contributed by atoms with van der Waals surface area (Å²) in [5, 5.41) is 33.8. The number of halogens is 2. The summed E-state index contributed by atoms with van der Waals surface area (Å²) in [5.74, 6) is -0.319. The van der Waals surface area contributed by atoms with Gasteiger partial charge < -0.3 is 10.4 Å². The molecule has 1 fully saturated rings. The number of rotatable bonds is 5. The number of nitriles is 1. The van der Waals surface area contributed by atoms with Gasteiger partial charge in [-0.25, -0.2) is 0 Å². The normalized spacial score (nSPS) is 15.5. The molecule has 134 valence electrons. The Kier molecular flexibility index (Phi) is 9.63. The highest BCUT2D eigenvalue weighted by Gasteiger charge is 2.28. The Morgan fingerprint density at radius 2 is 2.04 bits per heavy atom. The average molecular weight is 377 g/mol. The predicted octanol–water partition coefficient (Wildman–Crippen LogP) is 2.76. The molecule has 24 heavy (non-hydrogen) atoms. The fourth-order valence-electron chi connectivity index (χ4n) is 2.90. The van der Waals surface area contributed by atoms with Crippen LogP contribution in [0.2, 0.25) is 0 Å². The quantitative estimate of drug-likeness (QED) is 0.604. The second-order valence-corrected chi connectivity index (χ2v) is 5.39. The predicted molar refractivity (Wildman–Crippen MR) is 96.1 cm³/mol. The topological polar surface area (TPSA) is 102 Å². The van der Waals surface area contributed by atoms with Gasteiger partial charge in [0.05, 0.1) is 16.6 Å². The molecule has 0 radical (unpaired) electrons. The van der Waals surface area contributed by atoms with Crippen molar-refractivity contribution in [2.75, 3.05) is 26.2 Å². The summed E-state index contributed by atoms with van der Waals surface area (Å²) >= 11 is 0. The van der Waals surface area contributed by atoms with Crippen LogP contribution in [0.3, 0.4) is 0 Å². The molecule has 1 aliphatic heterocycles. The standard InChI is InChI=1S/C15H20N4O3.2ClH/c1-2-3-13(18-6-4-17-5-7-18)12-8-11(10-16)9-14(15(12)20)19(21)22;;/h8-9,13,17,20H,2-7H2,1H3;2*1H/t13-;;/m0../s1. The molecule has 0 spiro atoms. The van der Waals surface area contributed by atoms with Crippen LogP contribution in [0, 0.1) is 21.4 Å². The van der Waals surface area contributed by atoms with Gasteiger partial charge in [-0.15, -0.1) is 24.8 Å². The SMILES string of the molecule is CCC[C@@H](c1cc(C#N)cc([N+](=O)[O-])c1O)N1CCNCC1.Cl.Cl. The number of hydrogen-bond acceptors (Lipinski definition) is 6. The van der Waals surface area contributed by atoms with Crippen molar-refractivity contribution in [3.8, 4) is 11.8 Å². The van der Waals surface area contributed by atoms with Gasteiger partial charge in [-0.3, -0.25) is 15.0 Å². The first-order valence-corrected chi connectivity index (χ1v) is 7.44. The van der Waals surface area contributed by atoms with E-state index in [2.05, 4.69) is 10.2 Å². The van der Waals surface area contributed by atoms with Gasteiger partial charge in [-0.2, -0.15) is 5.26 Å². The lowest BCUT2D eigenvalue weighted by Gasteiger charge is -2.35. The lowest BCUT2D eigenvalue weighted by atomic mass is 9.96. The van der Waals surface area contributed by atoms with Gasteiger partial charge in [-0.1, -0.05) is 13.3 Å². The first kappa shape index (κ1) is 22.4. The van der Waals surface area contributed by atoms with Crippen LogP contribution in [0.5, 0.6) is 5.75 Å². The zero-order valence-electron chi connectivity index (χ0n) is 13.4. The molecule has 1 aliphatic rings. The molecule has 0 bridgehead atoms. The fourth-order valence-corrected chi connectivity index (χ4v) is 2.90. The van der Waals surface area contributed by atoms with Crippen molar-refractivity contribution in [1.29, 1.82) is 5.26 Å². The van der Waals surface area contributed by atoms with Gasteiger partial charge in [0.15, 0.2) is 5.75 Å². The zero-order chi connectivity index (χ0) is 16.1. The molecule has 1 aromatic rings. The number of nitro groups is 1. The molecule has 0 unspecified atom stereocenters. The number of aromatic hydroxyl groups is 1. The van der Waals surface area contributed by atoms with E-state index in [4.69, 9.17) is 5.26 Å². The third-order valence-electron chi connectivity index (χ3n) is 3.96. The first-order chi connectivity index (χ1) is 10.6. The molecule has 2 N–H and O–H groups in total. The molecule has 0 aromatic heterocycles. The summed E-state index contributed by atoms with van der Waals surface area (Å²) in [6, 6.07) is 4.53. The van der Waals surface area contributed by atoms with Gasteiger partial charge in [0, 0.05) is 43.9 Å². The van der Waals surface area contributed by atoms with Crippen molar-refractivity contribution < 1.29 is 10.0 Å². The van der Waals surface area contributed by atoms with Crippen LogP contribution in [0.25, 0.3) is 0 Å². The van der Waals surface area contributed by atoms with Crippen LogP contribution >= 0.6 is 24.8 Å². The minimum absolute atomic E-state index is 0. The molecule has 9 heteroatoms. The van der Waals surface area contributed by atoms with Crippen LogP contribution in [0.15, 0.2) is 12.1 Å². The van der Waals surface area contributed by atoms with Crippen molar-refractivity contribution in [2.45, 2.75) is 25.8 Å². The Hall–Kier alpha value is -1.59. The third kappa shape index (κ3) is 4.95. The van der Waals surface area contributed by atoms with Gasteiger partial charge in [0.25, 0.3) is 0 Å². The molecule has 7 nitrogen and oxygen atoms in total. The Balaban J connectivity index is 0.00000264. The van der Waals surface area contributed by atoms with E-state index in [0.717, 1.165) is 45.1 Å². The summed E-state index contributed by atoms with van der Waals surface area (Å²) < 4.78 is 0. The monoisotopic (exact) mass is 376 g/mol. The van der Waals surface area contributed by atoms with Crippen molar-refractivity contribution in [3.63, 3.8) is 0 Å². The van der Waals surface area contributed by atoms with Crippen molar-refractivity contribution >= 4 is 30.5 Å². The maximum Gasteiger partial charge on any atom is 0.312 e. The Labute approximate surface area is 153 Å². The van der Waals surface area contributed by atoms with E-state index < -0.39 is 10.6 Å². The van der Waals surface area contributed by atoms with Crippen molar-refractivity contribution in [3.05, 3.63) is 33.4 Å². The van der Waals surface area contributed by atoms with Crippen LogP contribution < -0.4 is 5.32 Å². The first-order valence-electron chi connectivity index (χ1n) is 7.44. The number of phenolic OH excluding ortho intramolecular Hbond substituents is 1. The van der Waals surface area contributed by atoms with Crippen LogP contribution in [-0.4, -0.2) is 41.1 Å². The largest absolute Gasteiger partial charge is 0.502 e. The Morgan fingerprint density at radius 1 is 1.42 bits per heavy atom. The smallest absolute Gasteiger partial charge is 0.312 e. The van der Waals surface area contributed by atoms with Crippen molar-refractivity contribution in [2.24, 2.45) is 0 Å². The number of nitrogens with one attached hydrogen (secondary N) is 1. The molecular formula is C15H22Cl2N4O3. The minimum atomic E-state index is -0.638. The van der Waals surface area contributed by atoms with Crippen LogP contribution in [0.1, 0.15) is 36.9 Å². The summed E-state index contributed by atoms with van der Waals surface area (Å²) in [4.78, 5) is 12.7. The highest BCUT2D eigenvalue weighted by molar-refractivity contribution is 5.85. The molecule has 1 saturated heterocycles. The van der Waals surface area contributed by atoms with E-state index in [9.17, 15) is 15.2 Å². The van der Waals surface area contributed by atoms with E-state index in [1.807, 2.05) is 13.0 Å². The number of nitro benzene ring substituents is 1. The number of nitrogens with zero attached hydrogens (tertiary/aromatic N) is 3. The summed E-state index contributed by atoms with van der Waals surface area (Å²) in [5.41, 5.74) is 0.288. The van der Waals surface area contributed by atoms with E-state index in [1.165, 1.54) is 0 Å². The lowest BCUT2D eigenvalue weighted by molar-refractivity contribution is -0.386. The van der Waals surface area contributed by atoms with Crippen molar-refractivity contribution in [1.82, 2.24) is 10.2 Å². The third-order valence-corrected chi connectivity index (χ3v) is 3.96. The zero-order valence-corrected chi connectivity index (χ0v) is 15.0. The van der Waals surface area contributed by atoms with Crippen LogP contribution in [-0.2, 0) is 0 Å². The molecule has 1 aromatic carbocycles. The molecule has 0 saturated carbocycles. The number of benzene rings is 1. The second kappa shape index (κ2) is 10.3. The number of hydrogen-bond donors (Lipinski definition) is 2. The minimum Gasteiger partial charge on any atom is -0.502 e. The van der Waals surface area contributed by atoms with E-state index in [0.29, 0.717) is 5.56 Å². The summed E-state index contributed by atoms with van der Waals surface area (Å²) in [6.07, 6.45) is 1.66. The molecule has 0 amide bonds. The molecule has 0 aliphatic carbocycles. The van der Waals surface area contributed by atoms with E-state index in [1.54, 1.807) is 6.07 Å². The molecule has 1 heterocycles. The maximum absolute atomic E-state index is 11.1. The lowest BCUT2D eigenvalue weighted by Crippen LogP contribution is -2.45. The average Bonchev–Trinajstić information content (AvgIpc) is 2.53. The van der Waals surface area contributed by atoms with Gasteiger partial charge in [0.1, 0.15) is 0 Å². The number of piperazine rings is 1. The van der Waals surface area contributed by atoms with Gasteiger partial charge >= 0.3 is 5.69 Å². The highest BCUT2D eigenvalue weighted by atomic mass is 35.5. The van der Waals surface area contributed by atoms with Crippen LogP contribution in [0.4, 0.5) is 5.69 Å². The van der Waals surface area contributed by atoms with E-state index in [-0.39, 0.29) is 42.2 Å². The number of phenols is 1. The van der Waals surface area contributed by atoms with Gasteiger partial charge in [0.2, 0.25) is 0 Å². The summed E-state index contributed by atoms with van der Waals surface area (Å²) in [6.45, 7) is 5.36. The Bertz CT molecular complexity index is 601.